The van der Waals surface area contributed by atoms with Crippen molar-refractivity contribution in [3.8, 4) is 0 Å². The molecule has 0 N–H and O–H groups in total. The van der Waals surface area contributed by atoms with Gasteiger partial charge in [0.05, 0.1) is 0 Å². The number of carbonyl (C=O) groups is 1. The summed E-state index contributed by atoms with van der Waals surface area (Å²) in [6.45, 7) is 8.40. The van der Waals surface area contributed by atoms with Gasteiger partial charge < -0.3 is 4.74 Å². The Bertz CT molecular complexity index is 421. The molecular formula is C15H20O2. The monoisotopic (exact) mass is 232 g/mol. The molecule has 2 nitrogen and oxygen atoms in total. The molecule has 0 aromatic carbocycles. The summed E-state index contributed by atoms with van der Waals surface area (Å²) in [5.74, 6) is 1.20. The molecule has 0 aromatic heterocycles. The van der Waals surface area contributed by atoms with E-state index < -0.39 is 0 Å². The van der Waals surface area contributed by atoms with Gasteiger partial charge in [-0.3, -0.25) is 0 Å². The highest BCUT2D eigenvalue weighted by Crippen LogP contribution is 2.55. The van der Waals surface area contributed by atoms with E-state index in [2.05, 4.69) is 26.5 Å². The van der Waals surface area contributed by atoms with Crippen LogP contribution in [0.1, 0.15) is 39.5 Å². The van der Waals surface area contributed by atoms with Gasteiger partial charge in [-0.05, 0) is 44.6 Å². The standard InChI is InChI=1S/C15H20O2/c1-9-4-6-12-10(2)5-7-13-11(3)14(16)17-15(12,13)8-9/h8,10,12-13H,3-7H2,1-2H3/t10?,12?,13?,15-/m0/s1. The molecule has 3 rings (SSSR count). The van der Waals surface area contributed by atoms with Gasteiger partial charge in [-0.1, -0.05) is 19.1 Å². The summed E-state index contributed by atoms with van der Waals surface area (Å²) in [6.07, 6.45) is 6.78. The molecule has 0 aromatic rings. The van der Waals surface area contributed by atoms with Crippen molar-refractivity contribution < 1.29 is 9.53 Å². The third-order valence-corrected chi connectivity index (χ3v) is 5.00. The molecule has 0 bridgehead atoms. The Kier molecular flexibility index (Phi) is 2.26. The minimum atomic E-state index is -0.339. The smallest absolute Gasteiger partial charge is 0.334 e. The lowest BCUT2D eigenvalue weighted by atomic mass is 9.59. The zero-order valence-electron chi connectivity index (χ0n) is 10.7. The van der Waals surface area contributed by atoms with Crippen LogP contribution < -0.4 is 0 Å². The quantitative estimate of drug-likeness (QED) is 0.364. The van der Waals surface area contributed by atoms with E-state index in [0.29, 0.717) is 17.4 Å². The highest BCUT2D eigenvalue weighted by atomic mass is 16.6. The normalized spacial score (nSPS) is 44.8. The molecule has 1 spiro atoms. The first-order valence-corrected chi connectivity index (χ1v) is 6.65. The second-order valence-electron chi connectivity index (χ2n) is 6.01. The number of esters is 1. The van der Waals surface area contributed by atoms with Gasteiger partial charge in [0.25, 0.3) is 0 Å². The lowest BCUT2D eigenvalue weighted by Crippen LogP contribution is -2.49. The average Bonchev–Trinajstić information content (AvgIpc) is 2.50. The Morgan fingerprint density at radius 2 is 2.18 bits per heavy atom. The van der Waals surface area contributed by atoms with Crippen LogP contribution in [-0.4, -0.2) is 11.6 Å². The number of carbonyl (C=O) groups excluding carboxylic acids is 1. The fourth-order valence-corrected chi connectivity index (χ4v) is 4.11. The summed E-state index contributed by atoms with van der Waals surface area (Å²) in [5.41, 5.74) is 1.73. The summed E-state index contributed by atoms with van der Waals surface area (Å²) < 4.78 is 5.80. The highest BCUT2D eigenvalue weighted by Gasteiger charge is 2.58. The summed E-state index contributed by atoms with van der Waals surface area (Å²) >= 11 is 0. The molecule has 2 heteroatoms. The van der Waals surface area contributed by atoms with E-state index in [1.54, 1.807) is 0 Å². The molecule has 4 atom stereocenters. The average molecular weight is 232 g/mol. The van der Waals surface area contributed by atoms with Crippen LogP contribution in [0.3, 0.4) is 0 Å². The Labute approximate surface area is 103 Å². The van der Waals surface area contributed by atoms with Gasteiger partial charge in [0.15, 0.2) is 0 Å². The first-order chi connectivity index (χ1) is 8.04. The number of hydrogen-bond acceptors (Lipinski definition) is 2. The largest absolute Gasteiger partial charge is 0.450 e. The zero-order valence-corrected chi connectivity index (χ0v) is 10.7. The van der Waals surface area contributed by atoms with Crippen molar-refractivity contribution in [3.63, 3.8) is 0 Å². The molecule has 3 unspecified atom stereocenters. The minimum Gasteiger partial charge on any atom is -0.450 e. The number of allylic oxidation sites excluding steroid dienone is 1. The van der Waals surface area contributed by atoms with Crippen molar-refractivity contribution in [2.24, 2.45) is 17.8 Å². The second-order valence-corrected chi connectivity index (χ2v) is 6.01. The molecule has 1 heterocycles. The Balaban J connectivity index is 2.11. The van der Waals surface area contributed by atoms with Gasteiger partial charge in [0.1, 0.15) is 5.60 Å². The third kappa shape index (κ3) is 1.36. The van der Waals surface area contributed by atoms with Crippen LogP contribution in [0.5, 0.6) is 0 Å². The van der Waals surface area contributed by atoms with E-state index in [4.69, 9.17) is 4.74 Å². The van der Waals surface area contributed by atoms with E-state index in [1.165, 1.54) is 12.0 Å². The Hall–Kier alpha value is -1.05. The molecule has 3 aliphatic rings. The van der Waals surface area contributed by atoms with Gasteiger partial charge in [0, 0.05) is 17.4 Å². The van der Waals surface area contributed by atoms with Crippen LogP contribution >= 0.6 is 0 Å². The summed E-state index contributed by atoms with van der Waals surface area (Å²) in [5, 5.41) is 0. The van der Waals surface area contributed by atoms with Crippen molar-refractivity contribution in [1.29, 1.82) is 0 Å². The number of rotatable bonds is 0. The van der Waals surface area contributed by atoms with Crippen LogP contribution in [0, 0.1) is 17.8 Å². The topological polar surface area (TPSA) is 26.3 Å². The summed E-state index contributed by atoms with van der Waals surface area (Å²) in [7, 11) is 0. The van der Waals surface area contributed by atoms with Gasteiger partial charge >= 0.3 is 5.97 Å². The lowest BCUT2D eigenvalue weighted by molar-refractivity contribution is -0.153. The van der Waals surface area contributed by atoms with E-state index in [9.17, 15) is 4.79 Å². The predicted octanol–water partition coefficient (Wildman–Crippen LogP) is 3.24. The van der Waals surface area contributed by atoms with Gasteiger partial charge in [-0.25, -0.2) is 4.79 Å². The van der Waals surface area contributed by atoms with Crippen LogP contribution in [0.4, 0.5) is 0 Å². The van der Waals surface area contributed by atoms with Crippen molar-refractivity contribution >= 4 is 5.97 Å². The molecule has 17 heavy (non-hydrogen) atoms. The van der Waals surface area contributed by atoms with Crippen LogP contribution in [-0.2, 0) is 9.53 Å². The van der Waals surface area contributed by atoms with Crippen molar-refractivity contribution in [2.45, 2.75) is 45.1 Å². The van der Waals surface area contributed by atoms with E-state index in [-0.39, 0.29) is 17.5 Å². The van der Waals surface area contributed by atoms with Crippen molar-refractivity contribution in [3.05, 3.63) is 23.8 Å². The second kappa shape index (κ2) is 3.47. The Morgan fingerprint density at radius 1 is 1.41 bits per heavy atom. The van der Waals surface area contributed by atoms with Crippen LogP contribution in [0.2, 0.25) is 0 Å². The highest BCUT2D eigenvalue weighted by molar-refractivity contribution is 5.92. The fourth-order valence-electron chi connectivity index (χ4n) is 4.11. The first kappa shape index (κ1) is 11.1. The number of hydrogen-bond donors (Lipinski definition) is 0. The van der Waals surface area contributed by atoms with Crippen molar-refractivity contribution in [1.82, 2.24) is 0 Å². The van der Waals surface area contributed by atoms with Gasteiger partial charge in [-0.15, -0.1) is 0 Å². The summed E-state index contributed by atoms with van der Waals surface area (Å²) in [6, 6.07) is 0. The molecule has 2 aliphatic carbocycles. The van der Waals surface area contributed by atoms with Crippen molar-refractivity contribution in [2.75, 3.05) is 0 Å². The molecule has 0 amide bonds. The van der Waals surface area contributed by atoms with Gasteiger partial charge in [0.2, 0.25) is 0 Å². The van der Waals surface area contributed by atoms with Crippen LogP contribution in [0.25, 0.3) is 0 Å². The summed E-state index contributed by atoms with van der Waals surface area (Å²) in [4.78, 5) is 11.9. The maximum atomic E-state index is 11.9. The molecule has 1 aliphatic heterocycles. The fraction of sp³-hybridized carbons (Fsp3) is 0.667. The lowest BCUT2D eigenvalue weighted by Gasteiger charge is -2.48. The molecule has 2 fully saturated rings. The molecule has 92 valence electrons. The Morgan fingerprint density at radius 3 is 2.94 bits per heavy atom. The molecule has 1 saturated carbocycles. The molecule has 0 radical (unpaired) electrons. The zero-order chi connectivity index (χ0) is 12.2. The molecule has 1 saturated heterocycles. The molecular weight excluding hydrogens is 212 g/mol. The number of ether oxygens (including phenoxy) is 1. The first-order valence-electron chi connectivity index (χ1n) is 6.65. The maximum Gasteiger partial charge on any atom is 0.334 e. The van der Waals surface area contributed by atoms with E-state index >= 15 is 0 Å². The minimum absolute atomic E-state index is 0.167. The third-order valence-electron chi connectivity index (χ3n) is 5.00. The van der Waals surface area contributed by atoms with E-state index in [0.717, 1.165) is 19.3 Å². The SMILES string of the molecule is C=C1C(=O)O[C@@]23C=C(C)CCC2C(C)CCC13. The van der Waals surface area contributed by atoms with Crippen LogP contribution in [0.15, 0.2) is 23.8 Å². The van der Waals surface area contributed by atoms with Gasteiger partial charge in [-0.2, -0.15) is 0 Å². The maximum absolute atomic E-state index is 11.9. The predicted molar refractivity (Wildman–Crippen MR) is 66.3 cm³/mol. The van der Waals surface area contributed by atoms with E-state index in [1.807, 2.05) is 0 Å².